The lowest BCUT2D eigenvalue weighted by molar-refractivity contribution is 0.766. The second kappa shape index (κ2) is 4.58. The standard InChI is InChI=1S/C9H13N7S/c1-15(2)8-12-7(10)13-9(14-8)17-6-4-11-16(3)5-6/h4-5H,1-3H3,(H2,10,12,13,14). The van der Waals surface area contributed by atoms with Crippen LogP contribution < -0.4 is 10.6 Å². The highest BCUT2D eigenvalue weighted by Crippen LogP contribution is 2.24. The molecule has 2 aromatic rings. The van der Waals surface area contributed by atoms with Gasteiger partial charge in [0.25, 0.3) is 0 Å². The molecule has 0 aliphatic rings. The van der Waals surface area contributed by atoms with Gasteiger partial charge in [-0.05, 0) is 11.8 Å². The number of rotatable bonds is 3. The summed E-state index contributed by atoms with van der Waals surface area (Å²) < 4.78 is 1.72. The van der Waals surface area contributed by atoms with Gasteiger partial charge in [0.2, 0.25) is 11.9 Å². The second-order valence-corrected chi connectivity index (χ2v) is 4.66. The van der Waals surface area contributed by atoms with Crippen LogP contribution >= 0.6 is 11.8 Å². The Morgan fingerprint density at radius 3 is 2.65 bits per heavy atom. The summed E-state index contributed by atoms with van der Waals surface area (Å²) in [7, 11) is 5.57. The predicted octanol–water partition coefficient (Wildman–Crippen LogP) is 0.404. The maximum Gasteiger partial charge on any atom is 0.230 e. The Morgan fingerprint density at radius 2 is 2.06 bits per heavy atom. The van der Waals surface area contributed by atoms with Crippen molar-refractivity contribution in [1.82, 2.24) is 24.7 Å². The quantitative estimate of drug-likeness (QED) is 0.845. The first kappa shape index (κ1) is 11.6. The van der Waals surface area contributed by atoms with Crippen LogP contribution in [0.5, 0.6) is 0 Å². The molecule has 0 aliphatic heterocycles. The monoisotopic (exact) mass is 251 g/mol. The minimum atomic E-state index is 0.218. The number of hydrogen-bond donors (Lipinski definition) is 1. The summed E-state index contributed by atoms with van der Waals surface area (Å²) in [5, 5.41) is 4.64. The third-order valence-electron chi connectivity index (χ3n) is 1.91. The summed E-state index contributed by atoms with van der Waals surface area (Å²) >= 11 is 1.40. The van der Waals surface area contributed by atoms with E-state index in [2.05, 4.69) is 20.1 Å². The van der Waals surface area contributed by atoms with E-state index in [0.29, 0.717) is 11.1 Å². The van der Waals surface area contributed by atoms with Gasteiger partial charge >= 0.3 is 0 Å². The van der Waals surface area contributed by atoms with Crippen molar-refractivity contribution in [1.29, 1.82) is 0 Å². The summed E-state index contributed by atoms with van der Waals surface area (Å²) in [6.07, 6.45) is 3.64. The summed E-state index contributed by atoms with van der Waals surface area (Å²) in [5.74, 6) is 0.763. The van der Waals surface area contributed by atoms with E-state index in [-0.39, 0.29) is 5.95 Å². The zero-order chi connectivity index (χ0) is 12.4. The molecule has 2 N–H and O–H groups in total. The van der Waals surface area contributed by atoms with Crippen LogP contribution in [0.25, 0.3) is 0 Å². The fraction of sp³-hybridized carbons (Fsp3) is 0.333. The van der Waals surface area contributed by atoms with E-state index in [4.69, 9.17) is 5.73 Å². The van der Waals surface area contributed by atoms with Crippen molar-refractivity contribution in [2.75, 3.05) is 24.7 Å². The summed E-state index contributed by atoms with van der Waals surface area (Å²) in [5.41, 5.74) is 5.63. The molecule has 0 aromatic carbocycles. The first-order valence-corrected chi connectivity index (χ1v) is 5.71. The molecule has 0 saturated carbocycles. The van der Waals surface area contributed by atoms with Crippen molar-refractivity contribution < 1.29 is 0 Å². The first-order chi connectivity index (χ1) is 8.04. The molecule has 0 unspecified atom stereocenters. The van der Waals surface area contributed by atoms with E-state index < -0.39 is 0 Å². The minimum Gasteiger partial charge on any atom is -0.368 e. The molecule has 2 rings (SSSR count). The van der Waals surface area contributed by atoms with Crippen molar-refractivity contribution in [3.8, 4) is 0 Å². The van der Waals surface area contributed by atoms with E-state index in [1.807, 2.05) is 27.3 Å². The average molecular weight is 251 g/mol. The van der Waals surface area contributed by atoms with Crippen molar-refractivity contribution >= 4 is 23.7 Å². The molecule has 0 radical (unpaired) electrons. The molecular weight excluding hydrogens is 238 g/mol. The lowest BCUT2D eigenvalue weighted by Gasteiger charge is -2.10. The largest absolute Gasteiger partial charge is 0.368 e. The van der Waals surface area contributed by atoms with Gasteiger partial charge in [-0.2, -0.15) is 20.1 Å². The van der Waals surface area contributed by atoms with Crippen LogP contribution in [0, 0.1) is 0 Å². The van der Waals surface area contributed by atoms with Crippen molar-refractivity contribution in [2.45, 2.75) is 10.1 Å². The highest BCUT2D eigenvalue weighted by Gasteiger charge is 2.08. The SMILES string of the molecule is CN(C)c1nc(N)nc(Sc2cnn(C)c2)n1. The maximum atomic E-state index is 5.63. The van der Waals surface area contributed by atoms with Crippen LogP contribution in [0.2, 0.25) is 0 Å². The molecular formula is C9H13N7S. The Labute approximate surface area is 103 Å². The van der Waals surface area contributed by atoms with Gasteiger partial charge in [0.05, 0.1) is 11.1 Å². The van der Waals surface area contributed by atoms with E-state index >= 15 is 0 Å². The third-order valence-corrected chi connectivity index (χ3v) is 2.72. The van der Waals surface area contributed by atoms with E-state index in [0.717, 1.165) is 4.90 Å². The molecule has 0 saturated heterocycles. The zero-order valence-electron chi connectivity index (χ0n) is 9.82. The molecule has 0 spiro atoms. The van der Waals surface area contributed by atoms with Crippen molar-refractivity contribution in [3.05, 3.63) is 12.4 Å². The number of nitrogens with two attached hydrogens (primary N) is 1. The molecule has 7 nitrogen and oxygen atoms in total. The van der Waals surface area contributed by atoms with Crippen LogP contribution in [0.4, 0.5) is 11.9 Å². The molecule has 0 aliphatic carbocycles. The van der Waals surface area contributed by atoms with Gasteiger partial charge in [-0.1, -0.05) is 0 Å². The lowest BCUT2D eigenvalue weighted by Crippen LogP contribution is -2.14. The van der Waals surface area contributed by atoms with Gasteiger partial charge in [-0.3, -0.25) is 4.68 Å². The average Bonchev–Trinajstić information content (AvgIpc) is 2.63. The number of aryl methyl sites for hydroxylation is 1. The van der Waals surface area contributed by atoms with Crippen LogP contribution in [-0.4, -0.2) is 38.8 Å². The van der Waals surface area contributed by atoms with Crippen LogP contribution in [0.15, 0.2) is 22.4 Å². The minimum absolute atomic E-state index is 0.218. The third kappa shape index (κ3) is 2.84. The van der Waals surface area contributed by atoms with Gasteiger partial charge < -0.3 is 10.6 Å². The summed E-state index contributed by atoms with van der Waals surface area (Å²) in [6, 6.07) is 0. The molecule has 2 aromatic heterocycles. The number of nitrogen functional groups attached to an aromatic ring is 1. The Bertz CT molecular complexity index is 522. The summed E-state index contributed by atoms with van der Waals surface area (Å²) in [6.45, 7) is 0. The smallest absolute Gasteiger partial charge is 0.230 e. The molecule has 0 fully saturated rings. The second-order valence-electron chi connectivity index (χ2n) is 3.62. The fourth-order valence-electron chi connectivity index (χ4n) is 1.16. The van der Waals surface area contributed by atoms with Gasteiger partial charge in [-0.25, -0.2) is 0 Å². The normalized spacial score (nSPS) is 10.5. The molecule has 17 heavy (non-hydrogen) atoms. The van der Waals surface area contributed by atoms with Gasteiger partial charge in [0.15, 0.2) is 5.16 Å². The lowest BCUT2D eigenvalue weighted by atomic mass is 10.7. The highest BCUT2D eigenvalue weighted by molar-refractivity contribution is 7.99. The highest BCUT2D eigenvalue weighted by atomic mass is 32.2. The van der Waals surface area contributed by atoms with Crippen LogP contribution in [-0.2, 0) is 7.05 Å². The summed E-state index contributed by atoms with van der Waals surface area (Å²) in [4.78, 5) is 15.1. The molecule has 2 heterocycles. The van der Waals surface area contributed by atoms with Gasteiger partial charge in [-0.15, -0.1) is 0 Å². The topological polar surface area (TPSA) is 85.8 Å². The number of hydrogen-bond acceptors (Lipinski definition) is 7. The maximum absolute atomic E-state index is 5.63. The van der Waals surface area contributed by atoms with E-state index in [1.54, 1.807) is 15.8 Å². The predicted molar refractivity (Wildman–Crippen MR) is 65.9 cm³/mol. The Morgan fingerprint density at radius 1 is 1.29 bits per heavy atom. The first-order valence-electron chi connectivity index (χ1n) is 4.90. The Kier molecular flexibility index (Phi) is 3.14. The Balaban J connectivity index is 2.26. The van der Waals surface area contributed by atoms with Crippen molar-refractivity contribution in [3.63, 3.8) is 0 Å². The van der Waals surface area contributed by atoms with Crippen LogP contribution in [0.1, 0.15) is 0 Å². The number of anilines is 2. The van der Waals surface area contributed by atoms with Crippen molar-refractivity contribution in [2.24, 2.45) is 7.05 Å². The Hall–Kier alpha value is -1.83. The molecule has 0 bridgehead atoms. The van der Waals surface area contributed by atoms with Gasteiger partial charge in [0, 0.05) is 27.3 Å². The molecule has 8 heteroatoms. The molecule has 90 valence electrons. The van der Waals surface area contributed by atoms with E-state index in [1.165, 1.54) is 11.8 Å². The zero-order valence-corrected chi connectivity index (χ0v) is 10.6. The molecule has 0 amide bonds. The van der Waals surface area contributed by atoms with E-state index in [9.17, 15) is 0 Å². The fourth-order valence-corrected chi connectivity index (χ4v) is 1.95. The van der Waals surface area contributed by atoms with Crippen LogP contribution in [0.3, 0.4) is 0 Å². The number of aromatic nitrogens is 5. The van der Waals surface area contributed by atoms with Gasteiger partial charge in [0.1, 0.15) is 0 Å². The number of nitrogens with zero attached hydrogens (tertiary/aromatic N) is 6. The molecule has 0 atom stereocenters.